The standard InChI is InChI=1S/C16H22BF2NO3/c1-9(2)20-14(21)12-11(18)8-7-10(13(12)19)17-22-15(3,4)16(5,6)23-17/h7-9H,1-6H3,(H,20,21). The third-order valence-electron chi connectivity index (χ3n) is 4.27. The van der Waals surface area contributed by atoms with Crippen molar-refractivity contribution in [1.29, 1.82) is 0 Å². The minimum absolute atomic E-state index is 0.0129. The number of carbonyl (C=O) groups is 1. The summed E-state index contributed by atoms with van der Waals surface area (Å²) in [5, 5.41) is 2.49. The van der Waals surface area contributed by atoms with Crippen molar-refractivity contribution in [3.63, 3.8) is 0 Å². The lowest BCUT2D eigenvalue weighted by atomic mass is 9.77. The molecule has 0 aliphatic carbocycles. The number of nitrogens with one attached hydrogen (secondary N) is 1. The van der Waals surface area contributed by atoms with E-state index in [1.54, 1.807) is 13.8 Å². The lowest BCUT2D eigenvalue weighted by Gasteiger charge is -2.32. The van der Waals surface area contributed by atoms with Gasteiger partial charge in [0.15, 0.2) is 0 Å². The zero-order chi connectivity index (χ0) is 17.6. The lowest BCUT2D eigenvalue weighted by Crippen LogP contribution is -2.41. The maximum atomic E-state index is 14.7. The molecule has 0 radical (unpaired) electrons. The van der Waals surface area contributed by atoms with Crippen molar-refractivity contribution in [2.45, 2.75) is 58.8 Å². The summed E-state index contributed by atoms with van der Waals surface area (Å²) < 4.78 is 40.2. The van der Waals surface area contributed by atoms with Gasteiger partial charge in [0.05, 0.1) is 11.2 Å². The zero-order valence-corrected chi connectivity index (χ0v) is 14.3. The third kappa shape index (κ3) is 3.26. The number of hydrogen-bond donors (Lipinski definition) is 1. The van der Waals surface area contributed by atoms with Gasteiger partial charge in [-0.25, -0.2) is 8.78 Å². The highest BCUT2D eigenvalue weighted by molar-refractivity contribution is 6.62. The second-order valence-electron chi connectivity index (χ2n) is 7.04. The topological polar surface area (TPSA) is 47.6 Å². The van der Waals surface area contributed by atoms with Crippen molar-refractivity contribution in [3.8, 4) is 0 Å². The first-order valence-electron chi connectivity index (χ1n) is 7.60. The Morgan fingerprint density at radius 3 is 2.13 bits per heavy atom. The Bertz CT molecular complexity index is 616. The number of carbonyl (C=O) groups excluding carboxylic acids is 1. The van der Waals surface area contributed by atoms with Gasteiger partial charge in [0, 0.05) is 11.5 Å². The Morgan fingerprint density at radius 1 is 1.13 bits per heavy atom. The molecule has 0 atom stereocenters. The molecule has 1 aliphatic rings. The van der Waals surface area contributed by atoms with E-state index < -0.39 is 41.4 Å². The van der Waals surface area contributed by atoms with Crippen molar-refractivity contribution in [2.75, 3.05) is 0 Å². The van der Waals surface area contributed by atoms with Gasteiger partial charge < -0.3 is 14.6 Å². The molecule has 0 saturated carbocycles. The van der Waals surface area contributed by atoms with Crippen LogP contribution in [0.15, 0.2) is 12.1 Å². The van der Waals surface area contributed by atoms with Crippen LogP contribution in [0.4, 0.5) is 8.78 Å². The molecule has 1 N–H and O–H groups in total. The quantitative estimate of drug-likeness (QED) is 0.868. The summed E-state index contributed by atoms with van der Waals surface area (Å²) in [6.45, 7) is 10.8. The van der Waals surface area contributed by atoms with Crippen LogP contribution in [0.2, 0.25) is 0 Å². The summed E-state index contributed by atoms with van der Waals surface area (Å²) in [5.74, 6) is -2.67. The molecule has 1 aliphatic heterocycles. The van der Waals surface area contributed by atoms with Crippen LogP contribution in [-0.2, 0) is 9.31 Å². The zero-order valence-electron chi connectivity index (χ0n) is 14.3. The van der Waals surface area contributed by atoms with Crippen LogP contribution < -0.4 is 10.8 Å². The summed E-state index contributed by atoms with van der Waals surface area (Å²) in [4.78, 5) is 12.0. The van der Waals surface area contributed by atoms with E-state index in [2.05, 4.69) is 5.32 Å². The maximum Gasteiger partial charge on any atom is 0.497 e. The normalized spacial score (nSPS) is 19.3. The Morgan fingerprint density at radius 2 is 1.65 bits per heavy atom. The molecule has 1 heterocycles. The molecular formula is C16H22BF2NO3. The lowest BCUT2D eigenvalue weighted by molar-refractivity contribution is 0.00578. The van der Waals surface area contributed by atoms with Crippen LogP contribution in [0.25, 0.3) is 0 Å². The molecule has 1 aromatic carbocycles. The fraction of sp³-hybridized carbons (Fsp3) is 0.562. The van der Waals surface area contributed by atoms with Crippen LogP contribution in [0, 0.1) is 11.6 Å². The molecule has 2 rings (SSSR count). The Balaban J connectivity index is 2.41. The van der Waals surface area contributed by atoms with E-state index in [1.807, 2.05) is 27.7 Å². The van der Waals surface area contributed by atoms with Gasteiger partial charge in [-0.3, -0.25) is 4.79 Å². The van der Waals surface area contributed by atoms with E-state index in [0.29, 0.717) is 0 Å². The Hall–Kier alpha value is -1.47. The highest BCUT2D eigenvalue weighted by atomic mass is 19.1. The van der Waals surface area contributed by atoms with Gasteiger partial charge in [0.2, 0.25) is 0 Å². The average Bonchev–Trinajstić information content (AvgIpc) is 2.57. The highest BCUT2D eigenvalue weighted by Gasteiger charge is 2.52. The molecule has 7 heteroatoms. The Kier molecular flexibility index (Phi) is 4.56. The summed E-state index contributed by atoms with van der Waals surface area (Å²) >= 11 is 0. The van der Waals surface area contributed by atoms with Crippen molar-refractivity contribution >= 4 is 18.5 Å². The van der Waals surface area contributed by atoms with E-state index in [-0.39, 0.29) is 11.5 Å². The van der Waals surface area contributed by atoms with Crippen LogP contribution in [0.3, 0.4) is 0 Å². The minimum Gasteiger partial charge on any atom is -0.399 e. The van der Waals surface area contributed by atoms with Crippen molar-refractivity contribution < 1.29 is 22.9 Å². The van der Waals surface area contributed by atoms with Gasteiger partial charge >= 0.3 is 7.12 Å². The van der Waals surface area contributed by atoms with Gasteiger partial charge in [0.25, 0.3) is 5.91 Å². The highest BCUT2D eigenvalue weighted by Crippen LogP contribution is 2.36. The molecule has 0 spiro atoms. The van der Waals surface area contributed by atoms with Gasteiger partial charge in [0.1, 0.15) is 17.2 Å². The number of benzene rings is 1. The third-order valence-corrected chi connectivity index (χ3v) is 4.27. The monoisotopic (exact) mass is 325 g/mol. The van der Waals surface area contributed by atoms with Crippen molar-refractivity contribution in [1.82, 2.24) is 5.32 Å². The molecule has 1 aromatic rings. The van der Waals surface area contributed by atoms with E-state index in [0.717, 1.165) is 6.07 Å². The Labute approximate surface area is 135 Å². The van der Waals surface area contributed by atoms with E-state index in [4.69, 9.17) is 9.31 Å². The molecule has 0 unspecified atom stereocenters. The van der Waals surface area contributed by atoms with Crippen LogP contribution in [0.5, 0.6) is 0 Å². The summed E-state index contributed by atoms with van der Waals surface area (Å²) in [5.41, 5.74) is -1.91. The van der Waals surface area contributed by atoms with E-state index in [9.17, 15) is 13.6 Å². The molecule has 1 amide bonds. The molecule has 1 saturated heterocycles. The van der Waals surface area contributed by atoms with E-state index >= 15 is 0 Å². The number of amides is 1. The number of halogens is 2. The van der Waals surface area contributed by atoms with Crippen molar-refractivity contribution in [3.05, 3.63) is 29.3 Å². The first-order valence-corrected chi connectivity index (χ1v) is 7.60. The fourth-order valence-corrected chi connectivity index (χ4v) is 2.26. The van der Waals surface area contributed by atoms with Gasteiger partial charge in [-0.05, 0) is 47.6 Å². The summed E-state index contributed by atoms with van der Waals surface area (Å²) in [7, 11) is -0.994. The smallest absolute Gasteiger partial charge is 0.399 e. The molecule has 23 heavy (non-hydrogen) atoms. The SMILES string of the molecule is CC(C)NC(=O)c1c(F)ccc(B2OC(C)(C)C(C)(C)O2)c1F. The van der Waals surface area contributed by atoms with Gasteiger partial charge in [-0.2, -0.15) is 0 Å². The van der Waals surface area contributed by atoms with Crippen LogP contribution in [0.1, 0.15) is 51.9 Å². The largest absolute Gasteiger partial charge is 0.497 e. The molecular weight excluding hydrogens is 303 g/mol. The molecule has 0 bridgehead atoms. The van der Waals surface area contributed by atoms with Crippen molar-refractivity contribution in [2.24, 2.45) is 0 Å². The van der Waals surface area contributed by atoms with Gasteiger partial charge in [-0.15, -0.1) is 0 Å². The predicted molar refractivity (Wildman–Crippen MR) is 84.7 cm³/mol. The first-order chi connectivity index (χ1) is 10.5. The summed E-state index contributed by atoms with van der Waals surface area (Å²) in [6.07, 6.45) is 0. The second kappa shape index (κ2) is 5.87. The maximum absolute atomic E-state index is 14.7. The fourth-order valence-electron chi connectivity index (χ4n) is 2.26. The van der Waals surface area contributed by atoms with Crippen LogP contribution >= 0.6 is 0 Å². The van der Waals surface area contributed by atoms with E-state index in [1.165, 1.54) is 6.07 Å². The predicted octanol–water partition coefficient (Wildman–Crippen LogP) is 2.40. The molecule has 0 aromatic heterocycles. The first kappa shape index (κ1) is 17.9. The number of hydrogen-bond acceptors (Lipinski definition) is 3. The number of rotatable bonds is 3. The average molecular weight is 325 g/mol. The van der Waals surface area contributed by atoms with Gasteiger partial charge in [-0.1, -0.05) is 6.07 Å². The second-order valence-corrected chi connectivity index (χ2v) is 7.04. The molecule has 4 nitrogen and oxygen atoms in total. The molecule has 126 valence electrons. The summed E-state index contributed by atoms with van der Waals surface area (Å²) in [6, 6.07) is 2.07. The molecule has 1 fully saturated rings. The van der Waals surface area contributed by atoms with Crippen LogP contribution in [-0.4, -0.2) is 30.3 Å². The minimum atomic E-state index is -0.994.